The number of likely N-dealkylation sites (N-methyl/N-ethyl adjacent to an activating group) is 1. The maximum Gasteiger partial charge on any atom is 0.261 e. The summed E-state index contributed by atoms with van der Waals surface area (Å²) in [6.07, 6.45) is 0.424. The van der Waals surface area contributed by atoms with Crippen LogP contribution in [0.5, 0.6) is 5.75 Å². The highest BCUT2D eigenvalue weighted by atomic mass is 16.5. The molecule has 0 saturated heterocycles. The zero-order valence-electron chi connectivity index (χ0n) is 20.5. The van der Waals surface area contributed by atoms with Gasteiger partial charge in [0.2, 0.25) is 5.91 Å². The molecular weight excluding hydrogens is 424 g/mol. The first kappa shape index (κ1) is 25.0. The summed E-state index contributed by atoms with van der Waals surface area (Å²) in [7, 11) is 0. The van der Waals surface area contributed by atoms with Gasteiger partial charge in [0, 0.05) is 19.5 Å². The van der Waals surface area contributed by atoms with Gasteiger partial charge in [-0.2, -0.15) is 0 Å². The van der Waals surface area contributed by atoms with Crippen LogP contribution in [-0.2, 0) is 22.6 Å². The monoisotopic (exact) mass is 458 g/mol. The van der Waals surface area contributed by atoms with Crippen molar-refractivity contribution in [1.82, 2.24) is 10.2 Å². The molecule has 0 aliphatic heterocycles. The van der Waals surface area contributed by atoms with Crippen molar-refractivity contribution in [1.29, 1.82) is 0 Å². The number of hydrogen-bond donors (Lipinski definition) is 1. The normalized spacial score (nSPS) is 11.5. The van der Waals surface area contributed by atoms with Crippen LogP contribution in [-0.4, -0.2) is 35.9 Å². The number of hydrogen-bond acceptors (Lipinski definition) is 3. The zero-order valence-corrected chi connectivity index (χ0v) is 20.5. The standard InChI is InChI=1S/C29H34N2O3/c1-5-30-29(33)27(18-24-9-7-6-8-10-24)31(19-25-13-11-21(2)12-14-25)28(32)20-34-26-16-22(3)15-23(4)17-26/h6-17,27H,5,18-20H2,1-4H3,(H,30,33)/t27-/m0/s1. The molecule has 2 amide bonds. The molecule has 0 unspecified atom stereocenters. The van der Waals surface area contributed by atoms with Gasteiger partial charge in [-0.15, -0.1) is 0 Å². The van der Waals surface area contributed by atoms with Gasteiger partial charge in [0.1, 0.15) is 11.8 Å². The largest absolute Gasteiger partial charge is 0.484 e. The Balaban J connectivity index is 1.89. The van der Waals surface area contributed by atoms with E-state index in [1.807, 2.05) is 94.4 Å². The van der Waals surface area contributed by atoms with Crippen LogP contribution < -0.4 is 10.1 Å². The summed E-state index contributed by atoms with van der Waals surface area (Å²) >= 11 is 0. The van der Waals surface area contributed by atoms with E-state index in [9.17, 15) is 9.59 Å². The van der Waals surface area contributed by atoms with Crippen LogP contribution in [0.1, 0.15) is 34.7 Å². The topological polar surface area (TPSA) is 58.6 Å². The Bertz CT molecular complexity index is 1070. The third-order valence-corrected chi connectivity index (χ3v) is 5.65. The summed E-state index contributed by atoms with van der Waals surface area (Å²) in [6, 6.07) is 23.0. The first-order valence-electron chi connectivity index (χ1n) is 11.7. The maximum absolute atomic E-state index is 13.5. The number of carbonyl (C=O) groups excluding carboxylic acids is 2. The van der Waals surface area contributed by atoms with Gasteiger partial charge in [-0.3, -0.25) is 9.59 Å². The van der Waals surface area contributed by atoms with Crippen molar-refractivity contribution in [3.63, 3.8) is 0 Å². The number of ether oxygens (including phenoxy) is 1. The fourth-order valence-corrected chi connectivity index (χ4v) is 3.98. The van der Waals surface area contributed by atoms with Gasteiger partial charge in [0.05, 0.1) is 0 Å². The minimum absolute atomic E-state index is 0.139. The molecule has 3 aromatic rings. The molecule has 1 atom stereocenters. The SMILES string of the molecule is CCNC(=O)[C@H](Cc1ccccc1)N(Cc1ccc(C)cc1)C(=O)COc1cc(C)cc(C)c1. The van der Waals surface area contributed by atoms with Crippen molar-refractivity contribution in [2.45, 2.75) is 46.7 Å². The Morgan fingerprint density at radius 1 is 0.853 bits per heavy atom. The van der Waals surface area contributed by atoms with E-state index in [0.29, 0.717) is 25.3 Å². The molecular formula is C29H34N2O3. The van der Waals surface area contributed by atoms with Crippen LogP contribution in [0, 0.1) is 20.8 Å². The lowest BCUT2D eigenvalue weighted by atomic mass is 10.0. The number of rotatable bonds is 10. The quantitative estimate of drug-likeness (QED) is 0.476. The molecule has 0 saturated carbocycles. The van der Waals surface area contributed by atoms with Crippen molar-refractivity contribution in [2.75, 3.05) is 13.2 Å². The first-order chi connectivity index (χ1) is 16.4. The van der Waals surface area contributed by atoms with Gasteiger partial charge >= 0.3 is 0 Å². The minimum Gasteiger partial charge on any atom is -0.484 e. The molecule has 5 nitrogen and oxygen atoms in total. The van der Waals surface area contributed by atoms with Crippen LogP contribution in [0.15, 0.2) is 72.8 Å². The number of carbonyl (C=O) groups is 2. The average molecular weight is 459 g/mol. The maximum atomic E-state index is 13.5. The van der Waals surface area contributed by atoms with Crippen molar-refractivity contribution < 1.29 is 14.3 Å². The zero-order chi connectivity index (χ0) is 24.5. The molecule has 0 spiro atoms. The van der Waals surface area contributed by atoms with E-state index in [4.69, 9.17) is 4.74 Å². The van der Waals surface area contributed by atoms with E-state index in [1.54, 1.807) is 4.90 Å². The number of amides is 2. The molecule has 34 heavy (non-hydrogen) atoms. The molecule has 3 rings (SSSR count). The van der Waals surface area contributed by atoms with Crippen molar-refractivity contribution in [2.24, 2.45) is 0 Å². The number of nitrogens with one attached hydrogen (secondary N) is 1. The molecule has 0 heterocycles. The molecule has 0 aliphatic carbocycles. The second-order valence-corrected chi connectivity index (χ2v) is 8.72. The molecule has 0 aromatic heterocycles. The Morgan fingerprint density at radius 2 is 1.50 bits per heavy atom. The van der Waals surface area contributed by atoms with Crippen LogP contribution in [0.2, 0.25) is 0 Å². The summed E-state index contributed by atoms with van der Waals surface area (Å²) in [5.74, 6) is 0.254. The summed E-state index contributed by atoms with van der Waals surface area (Å²) in [4.78, 5) is 28.3. The molecule has 0 aliphatic rings. The van der Waals surface area contributed by atoms with Gasteiger partial charge < -0.3 is 15.0 Å². The van der Waals surface area contributed by atoms with Gasteiger partial charge in [-0.05, 0) is 62.1 Å². The van der Waals surface area contributed by atoms with Crippen molar-refractivity contribution in [3.8, 4) is 5.75 Å². The number of nitrogens with zero attached hydrogens (tertiary/aromatic N) is 1. The Hall–Kier alpha value is -3.60. The summed E-state index contributed by atoms with van der Waals surface area (Å²) < 4.78 is 5.88. The third-order valence-electron chi connectivity index (χ3n) is 5.65. The molecule has 178 valence electrons. The minimum atomic E-state index is -0.654. The van der Waals surface area contributed by atoms with Crippen LogP contribution in [0.4, 0.5) is 0 Å². The van der Waals surface area contributed by atoms with E-state index >= 15 is 0 Å². The first-order valence-corrected chi connectivity index (χ1v) is 11.7. The third kappa shape index (κ3) is 7.20. The van der Waals surface area contributed by atoms with E-state index < -0.39 is 6.04 Å². The highest BCUT2D eigenvalue weighted by Crippen LogP contribution is 2.18. The van der Waals surface area contributed by atoms with Gasteiger partial charge in [0.15, 0.2) is 6.61 Å². The highest BCUT2D eigenvalue weighted by molar-refractivity contribution is 5.88. The molecule has 3 aromatic carbocycles. The van der Waals surface area contributed by atoms with Crippen LogP contribution >= 0.6 is 0 Å². The molecule has 0 fully saturated rings. The summed E-state index contributed by atoms with van der Waals surface area (Å²) in [5.41, 5.74) is 5.25. The van der Waals surface area contributed by atoms with Crippen molar-refractivity contribution >= 4 is 11.8 Å². The lowest BCUT2D eigenvalue weighted by Crippen LogP contribution is -2.51. The lowest BCUT2D eigenvalue weighted by molar-refractivity contribution is -0.142. The predicted octanol–water partition coefficient (Wildman–Crippen LogP) is 4.77. The van der Waals surface area contributed by atoms with Crippen molar-refractivity contribution in [3.05, 3.63) is 101 Å². The fourth-order valence-electron chi connectivity index (χ4n) is 3.98. The number of benzene rings is 3. The van der Waals surface area contributed by atoms with E-state index in [0.717, 1.165) is 27.8 Å². The average Bonchev–Trinajstić information content (AvgIpc) is 2.81. The Morgan fingerprint density at radius 3 is 2.12 bits per heavy atom. The van der Waals surface area contributed by atoms with Crippen LogP contribution in [0.25, 0.3) is 0 Å². The second kappa shape index (κ2) is 12.0. The Labute approximate surface area is 202 Å². The van der Waals surface area contributed by atoms with E-state index in [1.165, 1.54) is 0 Å². The fraction of sp³-hybridized carbons (Fsp3) is 0.310. The molecule has 5 heteroatoms. The second-order valence-electron chi connectivity index (χ2n) is 8.72. The molecule has 0 radical (unpaired) electrons. The van der Waals surface area contributed by atoms with E-state index in [-0.39, 0.29) is 18.4 Å². The highest BCUT2D eigenvalue weighted by Gasteiger charge is 2.30. The summed E-state index contributed by atoms with van der Waals surface area (Å²) in [5, 5.41) is 2.91. The Kier molecular flexibility index (Phi) is 8.86. The molecule has 0 bridgehead atoms. The smallest absolute Gasteiger partial charge is 0.261 e. The summed E-state index contributed by atoms with van der Waals surface area (Å²) in [6.45, 7) is 8.58. The van der Waals surface area contributed by atoms with Gasteiger partial charge in [-0.25, -0.2) is 0 Å². The van der Waals surface area contributed by atoms with Gasteiger partial charge in [-0.1, -0.05) is 66.2 Å². The van der Waals surface area contributed by atoms with Crippen LogP contribution in [0.3, 0.4) is 0 Å². The lowest BCUT2D eigenvalue weighted by Gasteiger charge is -2.31. The van der Waals surface area contributed by atoms with E-state index in [2.05, 4.69) is 11.4 Å². The predicted molar refractivity (Wildman–Crippen MR) is 136 cm³/mol. The van der Waals surface area contributed by atoms with Gasteiger partial charge in [0.25, 0.3) is 5.91 Å². The molecule has 1 N–H and O–H groups in total. The number of aryl methyl sites for hydroxylation is 3.